The second kappa shape index (κ2) is 4.77. The number of aliphatic carboxylic acids is 1. The predicted octanol–water partition coefficient (Wildman–Crippen LogP) is 1.32. The number of nitrogens with zero attached hydrogens (tertiary/aromatic N) is 1. The number of hydrogen-bond acceptors (Lipinski definition) is 2. The van der Waals surface area contributed by atoms with Gasteiger partial charge in [-0.3, -0.25) is 0 Å². The predicted molar refractivity (Wildman–Crippen MR) is 44.3 cm³/mol. The molecule has 64 valence electrons. The van der Waals surface area contributed by atoms with Crippen LogP contribution in [0.5, 0.6) is 0 Å². The lowest BCUT2D eigenvalue weighted by molar-refractivity contribution is -0.131. The van der Waals surface area contributed by atoms with Gasteiger partial charge in [0.25, 0.3) is 0 Å². The Labute approximate surface area is 67.3 Å². The topological polar surface area (TPSA) is 40.5 Å². The maximum absolute atomic E-state index is 10.2. The highest BCUT2D eigenvalue weighted by Crippen LogP contribution is 2.00. The summed E-state index contributed by atoms with van der Waals surface area (Å²) in [5, 5.41) is 8.42. The Kier molecular flexibility index (Phi) is 4.34. The number of hydrogen-bond donors (Lipinski definition) is 1. The lowest BCUT2D eigenvalue weighted by Crippen LogP contribution is -2.21. The fourth-order valence-electron chi connectivity index (χ4n) is 0.992. The summed E-state index contributed by atoms with van der Waals surface area (Å²) >= 11 is 0. The third kappa shape index (κ3) is 3.65. The van der Waals surface area contributed by atoms with E-state index in [0.29, 0.717) is 0 Å². The Balaban J connectivity index is 4.18. The van der Waals surface area contributed by atoms with Crippen LogP contribution in [0.3, 0.4) is 0 Å². The van der Waals surface area contributed by atoms with Crippen molar-refractivity contribution in [2.45, 2.75) is 20.8 Å². The first-order chi connectivity index (χ1) is 5.11. The zero-order valence-corrected chi connectivity index (χ0v) is 7.29. The van der Waals surface area contributed by atoms with Gasteiger partial charge in [0, 0.05) is 24.9 Å². The molecule has 0 aromatic heterocycles. The van der Waals surface area contributed by atoms with Gasteiger partial charge in [0.15, 0.2) is 0 Å². The molecule has 0 aliphatic heterocycles. The summed E-state index contributed by atoms with van der Waals surface area (Å²) in [5.74, 6) is -0.880. The normalized spacial score (nSPS) is 11.4. The zero-order chi connectivity index (χ0) is 8.85. The lowest BCUT2D eigenvalue weighted by Gasteiger charge is -2.20. The van der Waals surface area contributed by atoms with Gasteiger partial charge < -0.3 is 10.0 Å². The standard InChI is InChI=1S/C8H15NO2/c1-4-9(5-2)7(3)6-8(10)11/h6H,4-5H2,1-3H3,(H,10,11). The molecule has 3 nitrogen and oxygen atoms in total. The van der Waals surface area contributed by atoms with Crippen LogP contribution in [0.25, 0.3) is 0 Å². The first-order valence-corrected chi connectivity index (χ1v) is 3.78. The number of carbonyl (C=O) groups is 1. The molecule has 11 heavy (non-hydrogen) atoms. The highest BCUT2D eigenvalue weighted by atomic mass is 16.4. The second-order valence-corrected chi connectivity index (χ2v) is 2.30. The highest BCUT2D eigenvalue weighted by Gasteiger charge is 2.00. The van der Waals surface area contributed by atoms with E-state index in [-0.39, 0.29) is 0 Å². The van der Waals surface area contributed by atoms with Gasteiger partial charge in [-0.15, -0.1) is 0 Å². The van der Waals surface area contributed by atoms with Gasteiger partial charge in [-0.2, -0.15) is 0 Å². The molecule has 0 atom stereocenters. The smallest absolute Gasteiger partial charge is 0.330 e. The van der Waals surface area contributed by atoms with Gasteiger partial charge in [0.1, 0.15) is 0 Å². The summed E-state index contributed by atoms with van der Waals surface area (Å²) < 4.78 is 0. The molecule has 1 N–H and O–H groups in total. The van der Waals surface area contributed by atoms with E-state index in [9.17, 15) is 4.79 Å². The van der Waals surface area contributed by atoms with Crippen LogP contribution in [0.1, 0.15) is 20.8 Å². The molecular weight excluding hydrogens is 142 g/mol. The van der Waals surface area contributed by atoms with Crippen LogP contribution in [0.2, 0.25) is 0 Å². The minimum Gasteiger partial charge on any atom is -0.478 e. The molecule has 0 heterocycles. The monoisotopic (exact) mass is 157 g/mol. The van der Waals surface area contributed by atoms with Gasteiger partial charge >= 0.3 is 5.97 Å². The molecule has 0 saturated carbocycles. The first kappa shape index (κ1) is 10.0. The van der Waals surface area contributed by atoms with E-state index in [1.54, 1.807) is 6.92 Å². The molecule has 0 spiro atoms. The minimum absolute atomic E-state index is 0.808. The van der Waals surface area contributed by atoms with E-state index in [1.807, 2.05) is 18.7 Å². The van der Waals surface area contributed by atoms with Crippen molar-refractivity contribution in [1.82, 2.24) is 4.90 Å². The molecule has 0 aliphatic carbocycles. The SMILES string of the molecule is CCN(CC)C(C)=CC(=O)O. The van der Waals surface area contributed by atoms with Crippen molar-refractivity contribution in [3.05, 3.63) is 11.8 Å². The molecule has 0 rings (SSSR count). The van der Waals surface area contributed by atoms with Crippen LogP contribution in [-0.2, 0) is 4.79 Å². The number of carboxylic acid groups (broad SMARTS) is 1. The van der Waals surface area contributed by atoms with Gasteiger partial charge in [0.05, 0.1) is 0 Å². The Morgan fingerprint density at radius 1 is 1.45 bits per heavy atom. The molecule has 0 aliphatic rings. The Morgan fingerprint density at radius 2 is 1.91 bits per heavy atom. The largest absolute Gasteiger partial charge is 0.478 e. The van der Waals surface area contributed by atoms with Crippen LogP contribution in [0.4, 0.5) is 0 Å². The molecule has 0 fully saturated rings. The molecule has 0 aromatic rings. The quantitative estimate of drug-likeness (QED) is 0.625. The number of rotatable bonds is 4. The summed E-state index contributed by atoms with van der Waals surface area (Å²) in [4.78, 5) is 12.2. The third-order valence-electron chi connectivity index (χ3n) is 1.59. The Hall–Kier alpha value is -0.990. The average Bonchev–Trinajstić information content (AvgIpc) is 1.88. The maximum Gasteiger partial charge on any atom is 0.330 e. The number of allylic oxidation sites excluding steroid dienone is 1. The van der Waals surface area contributed by atoms with Crippen LogP contribution in [0.15, 0.2) is 11.8 Å². The highest BCUT2D eigenvalue weighted by molar-refractivity contribution is 5.80. The molecule has 0 bridgehead atoms. The van der Waals surface area contributed by atoms with Crippen LogP contribution in [-0.4, -0.2) is 29.1 Å². The first-order valence-electron chi connectivity index (χ1n) is 3.78. The van der Waals surface area contributed by atoms with Crippen LogP contribution in [0, 0.1) is 0 Å². The minimum atomic E-state index is -0.880. The maximum atomic E-state index is 10.2. The summed E-state index contributed by atoms with van der Waals surface area (Å²) in [6.45, 7) is 7.52. The third-order valence-corrected chi connectivity index (χ3v) is 1.59. The summed E-state index contributed by atoms with van der Waals surface area (Å²) in [5.41, 5.74) is 0.808. The molecule has 0 unspecified atom stereocenters. The Bertz CT molecular complexity index is 159. The van der Waals surface area contributed by atoms with Gasteiger partial charge in [-0.25, -0.2) is 4.79 Å². The van der Waals surface area contributed by atoms with Crippen LogP contribution >= 0.6 is 0 Å². The van der Waals surface area contributed by atoms with Crippen molar-refractivity contribution in [2.24, 2.45) is 0 Å². The second-order valence-electron chi connectivity index (χ2n) is 2.30. The number of carboxylic acids is 1. The molecule has 0 saturated heterocycles. The average molecular weight is 157 g/mol. The molecule has 0 aromatic carbocycles. The zero-order valence-electron chi connectivity index (χ0n) is 7.29. The van der Waals surface area contributed by atoms with Crippen molar-refractivity contribution in [3.8, 4) is 0 Å². The van der Waals surface area contributed by atoms with E-state index in [4.69, 9.17) is 5.11 Å². The van der Waals surface area contributed by atoms with E-state index in [2.05, 4.69) is 0 Å². The summed E-state index contributed by atoms with van der Waals surface area (Å²) in [6.07, 6.45) is 1.23. The van der Waals surface area contributed by atoms with Crippen molar-refractivity contribution >= 4 is 5.97 Å². The van der Waals surface area contributed by atoms with E-state index in [1.165, 1.54) is 6.08 Å². The van der Waals surface area contributed by atoms with Gasteiger partial charge in [-0.1, -0.05) is 0 Å². The van der Waals surface area contributed by atoms with E-state index >= 15 is 0 Å². The van der Waals surface area contributed by atoms with Crippen LogP contribution < -0.4 is 0 Å². The molecule has 0 amide bonds. The van der Waals surface area contributed by atoms with E-state index < -0.39 is 5.97 Å². The molecule has 3 heteroatoms. The van der Waals surface area contributed by atoms with Gasteiger partial charge in [0.2, 0.25) is 0 Å². The lowest BCUT2D eigenvalue weighted by atomic mass is 10.3. The van der Waals surface area contributed by atoms with Crippen molar-refractivity contribution < 1.29 is 9.90 Å². The summed E-state index contributed by atoms with van der Waals surface area (Å²) in [7, 11) is 0. The van der Waals surface area contributed by atoms with Gasteiger partial charge in [-0.05, 0) is 20.8 Å². The van der Waals surface area contributed by atoms with Crippen molar-refractivity contribution in [2.75, 3.05) is 13.1 Å². The molecular formula is C8H15NO2. The summed E-state index contributed by atoms with van der Waals surface area (Å²) in [6, 6.07) is 0. The van der Waals surface area contributed by atoms with E-state index in [0.717, 1.165) is 18.8 Å². The molecule has 0 radical (unpaired) electrons. The Morgan fingerprint density at radius 3 is 2.18 bits per heavy atom. The van der Waals surface area contributed by atoms with Crippen molar-refractivity contribution in [1.29, 1.82) is 0 Å². The van der Waals surface area contributed by atoms with Crippen molar-refractivity contribution in [3.63, 3.8) is 0 Å². The fraction of sp³-hybridized carbons (Fsp3) is 0.625. The fourth-order valence-corrected chi connectivity index (χ4v) is 0.992.